The van der Waals surface area contributed by atoms with Gasteiger partial charge < -0.3 is 10.1 Å². The molecule has 0 amide bonds. The number of piperidine rings is 1. The summed E-state index contributed by atoms with van der Waals surface area (Å²) in [6.45, 7) is 2.90. The van der Waals surface area contributed by atoms with Crippen molar-refractivity contribution >= 4 is 10.0 Å². The lowest BCUT2D eigenvalue weighted by atomic mass is 10.1. The van der Waals surface area contributed by atoms with E-state index in [0.29, 0.717) is 13.2 Å². The molecule has 2 aliphatic rings. The van der Waals surface area contributed by atoms with Gasteiger partial charge in [-0.15, -0.1) is 0 Å². The molecule has 2 fully saturated rings. The number of hydrogen-bond acceptors (Lipinski definition) is 4. The molecule has 1 saturated carbocycles. The van der Waals surface area contributed by atoms with E-state index in [1.54, 1.807) is 11.4 Å². The van der Waals surface area contributed by atoms with Crippen LogP contribution < -0.4 is 5.32 Å². The average Bonchev–Trinajstić information content (AvgIpc) is 2.99. The fourth-order valence-corrected chi connectivity index (χ4v) is 5.62. The largest absolute Gasteiger partial charge is 0.383 e. The second-order valence-electron chi connectivity index (χ2n) is 5.91. The number of nitrogens with zero attached hydrogens (tertiary/aromatic N) is 1. The second-order valence-corrected chi connectivity index (χ2v) is 8.07. The summed E-state index contributed by atoms with van der Waals surface area (Å²) in [6.07, 6.45) is 6.94. The zero-order chi connectivity index (χ0) is 14.4. The maximum atomic E-state index is 12.8. The van der Waals surface area contributed by atoms with E-state index < -0.39 is 10.0 Å². The molecule has 20 heavy (non-hydrogen) atoms. The van der Waals surface area contributed by atoms with Gasteiger partial charge in [0.25, 0.3) is 0 Å². The van der Waals surface area contributed by atoms with Gasteiger partial charge in [0.1, 0.15) is 0 Å². The highest BCUT2D eigenvalue weighted by Gasteiger charge is 2.38. The molecule has 1 N–H and O–H groups in total. The van der Waals surface area contributed by atoms with Crippen LogP contribution in [0.25, 0.3) is 0 Å². The molecule has 5 nitrogen and oxygen atoms in total. The van der Waals surface area contributed by atoms with E-state index in [1.807, 2.05) is 0 Å². The molecular formula is C14H28N2O3S. The van der Waals surface area contributed by atoms with Crippen LogP contribution in [0.1, 0.15) is 44.9 Å². The molecule has 0 spiro atoms. The molecule has 1 aliphatic carbocycles. The first-order chi connectivity index (χ1) is 9.66. The van der Waals surface area contributed by atoms with Crippen molar-refractivity contribution in [1.82, 2.24) is 9.62 Å². The van der Waals surface area contributed by atoms with Gasteiger partial charge in [-0.3, -0.25) is 0 Å². The highest BCUT2D eigenvalue weighted by atomic mass is 32.2. The molecule has 2 rings (SSSR count). The molecule has 0 bridgehead atoms. The van der Waals surface area contributed by atoms with Crippen LogP contribution in [0.15, 0.2) is 0 Å². The number of methoxy groups -OCH3 is 1. The lowest BCUT2D eigenvalue weighted by Crippen LogP contribution is -2.51. The van der Waals surface area contributed by atoms with E-state index in [0.717, 1.165) is 58.0 Å². The third kappa shape index (κ3) is 3.93. The van der Waals surface area contributed by atoms with Crippen molar-refractivity contribution in [2.75, 3.05) is 33.4 Å². The summed E-state index contributed by atoms with van der Waals surface area (Å²) in [4.78, 5) is 0. The second kappa shape index (κ2) is 7.73. The minimum absolute atomic E-state index is 0.123. The molecule has 1 saturated heterocycles. The van der Waals surface area contributed by atoms with Crippen molar-refractivity contribution in [3.8, 4) is 0 Å². The standard InChI is InChI=1S/C14H28N2O3S/c1-19-11-9-15-12-13-6-4-5-10-16(13)20(17,18)14-7-2-3-8-14/h13-15H,2-12H2,1H3. The van der Waals surface area contributed by atoms with Gasteiger partial charge in [-0.1, -0.05) is 19.3 Å². The lowest BCUT2D eigenvalue weighted by molar-refractivity contribution is 0.191. The predicted octanol–water partition coefficient (Wildman–Crippen LogP) is 1.35. The summed E-state index contributed by atoms with van der Waals surface area (Å²) in [5, 5.41) is 3.19. The van der Waals surface area contributed by atoms with Crippen LogP contribution in [-0.2, 0) is 14.8 Å². The number of sulfonamides is 1. The summed E-state index contributed by atoms with van der Waals surface area (Å²) >= 11 is 0. The Kier molecular flexibility index (Phi) is 6.26. The minimum atomic E-state index is -3.09. The fourth-order valence-electron chi connectivity index (χ4n) is 3.33. The van der Waals surface area contributed by atoms with Crippen LogP contribution in [0.2, 0.25) is 0 Å². The molecule has 0 aromatic rings. The molecule has 118 valence electrons. The smallest absolute Gasteiger partial charge is 0.217 e. The van der Waals surface area contributed by atoms with Crippen molar-refractivity contribution in [3.05, 3.63) is 0 Å². The van der Waals surface area contributed by atoms with Gasteiger partial charge in [0.15, 0.2) is 0 Å². The summed E-state index contributed by atoms with van der Waals surface area (Å²) in [6, 6.07) is 0.131. The van der Waals surface area contributed by atoms with Crippen molar-refractivity contribution in [2.45, 2.75) is 56.2 Å². The Morgan fingerprint density at radius 2 is 1.85 bits per heavy atom. The first kappa shape index (κ1) is 16.2. The molecule has 0 radical (unpaired) electrons. The van der Waals surface area contributed by atoms with Crippen molar-refractivity contribution < 1.29 is 13.2 Å². The molecule has 0 aromatic carbocycles. The van der Waals surface area contributed by atoms with Gasteiger partial charge in [-0.25, -0.2) is 8.42 Å². The van der Waals surface area contributed by atoms with Crippen LogP contribution in [0.4, 0.5) is 0 Å². The van der Waals surface area contributed by atoms with Crippen LogP contribution >= 0.6 is 0 Å². The molecular weight excluding hydrogens is 276 g/mol. The fraction of sp³-hybridized carbons (Fsp3) is 1.00. The SMILES string of the molecule is COCCNCC1CCCCN1S(=O)(=O)C1CCCC1. The Morgan fingerprint density at radius 1 is 1.15 bits per heavy atom. The molecule has 0 aromatic heterocycles. The summed E-state index contributed by atoms with van der Waals surface area (Å²) in [7, 11) is -1.41. The molecule has 1 atom stereocenters. The Labute approximate surface area is 123 Å². The number of nitrogens with one attached hydrogen (secondary N) is 1. The normalized spacial score (nSPS) is 26.1. The van der Waals surface area contributed by atoms with Crippen LogP contribution in [0.5, 0.6) is 0 Å². The topological polar surface area (TPSA) is 58.6 Å². The third-order valence-corrected chi connectivity index (χ3v) is 6.93. The number of rotatable bonds is 7. The summed E-state index contributed by atoms with van der Waals surface area (Å²) in [5.74, 6) is 0. The van der Waals surface area contributed by atoms with E-state index in [-0.39, 0.29) is 11.3 Å². The number of ether oxygens (including phenoxy) is 1. The zero-order valence-electron chi connectivity index (χ0n) is 12.5. The van der Waals surface area contributed by atoms with Gasteiger partial charge in [0, 0.05) is 32.8 Å². The van der Waals surface area contributed by atoms with Gasteiger partial charge >= 0.3 is 0 Å². The molecule has 1 aliphatic heterocycles. The first-order valence-electron chi connectivity index (χ1n) is 7.86. The quantitative estimate of drug-likeness (QED) is 0.721. The van der Waals surface area contributed by atoms with Crippen molar-refractivity contribution in [2.24, 2.45) is 0 Å². The maximum Gasteiger partial charge on any atom is 0.217 e. The van der Waals surface area contributed by atoms with Crippen molar-refractivity contribution in [3.63, 3.8) is 0 Å². The summed E-state index contributed by atoms with van der Waals surface area (Å²) < 4.78 is 32.3. The molecule has 6 heteroatoms. The van der Waals surface area contributed by atoms with E-state index in [9.17, 15) is 8.42 Å². The minimum Gasteiger partial charge on any atom is -0.383 e. The van der Waals surface area contributed by atoms with Gasteiger partial charge in [0.2, 0.25) is 10.0 Å². The maximum absolute atomic E-state index is 12.8. The number of hydrogen-bond donors (Lipinski definition) is 1. The first-order valence-corrected chi connectivity index (χ1v) is 9.37. The predicted molar refractivity (Wildman–Crippen MR) is 80.3 cm³/mol. The van der Waals surface area contributed by atoms with Crippen LogP contribution in [0.3, 0.4) is 0 Å². The zero-order valence-corrected chi connectivity index (χ0v) is 13.3. The van der Waals surface area contributed by atoms with Crippen LogP contribution in [-0.4, -0.2) is 57.4 Å². The van der Waals surface area contributed by atoms with Gasteiger partial charge in [0.05, 0.1) is 11.9 Å². The lowest BCUT2D eigenvalue weighted by Gasteiger charge is -2.36. The Morgan fingerprint density at radius 3 is 2.55 bits per heavy atom. The van der Waals surface area contributed by atoms with Crippen LogP contribution in [0, 0.1) is 0 Å². The van der Waals surface area contributed by atoms with E-state index in [2.05, 4.69) is 5.32 Å². The third-order valence-electron chi connectivity index (χ3n) is 4.49. The monoisotopic (exact) mass is 304 g/mol. The highest BCUT2D eigenvalue weighted by Crippen LogP contribution is 2.30. The van der Waals surface area contributed by atoms with Gasteiger partial charge in [-0.05, 0) is 25.7 Å². The Bertz CT molecular complexity index is 380. The van der Waals surface area contributed by atoms with E-state index in [4.69, 9.17) is 4.74 Å². The van der Waals surface area contributed by atoms with E-state index >= 15 is 0 Å². The van der Waals surface area contributed by atoms with Gasteiger partial charge in [-0.2, -0.15) is 4.31 Å². The average molecular weight is 304 g/mol. The Hall–Kier alpha value is -0.170. The van der Waals surface area contributed by atoms with E-state index in [1.165, 1.54) is 0 Å². The summed E-state index contributed by atoms with van der Waals surface area (Å²) in [5.41, 5.74) is 0. The molecule has 1 unspecified atom stereocenters. The Balaban J connectivity index is 1.95. The van der Waals surface area contributed by atoms with Crippen molar-refractivity contribution in [1.29, 1.82) is 0 Å². The molecule has 1 heterocycles. The highest BCUT2D eigenvalue weighted by molar-refractivity contribution is 7.89.